The molecule has 158 valence electrons. The zero-order valence-electron chi connectivity index (χ0n) is 17.7. The molecule has 6 nitrogen and oxygen atoms in total. The zero-order valence-corrected chi connectivity index (χ0v) is 17.7. The molecule has 1 aromatic heterocycles. The van der Waals surface area contributed by atoms with Gasteiger partial charge in [0.25, 0.3) is 0 Å². The third kappa shape index (κ3) is 7.97. The average Bonchev–Trinajstić information content (AvgIpc) is 2.73. The van der Waals surface area contributed by atoms with Crippen LogP contribution in [0.4, 0.5) is 0 Å². The largest absolute Gasteiger partial charge is 0.458 e. The normalized spacial score (nSPS) is 13.0. The van der Waals surface area contributed by atoms with Crippen LogP contribution in [0.5, 0.6) is 0 Å². The van der Waals surface area contributed by atoms with Crippen LogP contribution in [0.15, 0.2) is 12.1 Å². The Morgan fingerprint density at radius 2 is 1.32 bits per heavy atom. The molecule has 0 spiro atoms. The molecule has 0 aromatic carbocycles. The van der Waals surface area contributed by atoms with Crippen molar-refractivity contribution in [3.63, 3.8) is 0 Å². The summed E-state index contributed by atoms with van der Waals surface area (Å²) in [5.74, 6) is -1.16. The lowest BCUT2D eigenvalue weighted by molar-refractivity contribution is 0.0252. The first-order valence-electron chi connectivity index (χ1n) is 10.5. The lowest BCUT2D eigenvalue weighted by atomic mass is 10.1. The van der Waals surface area contributed by atoms with Gasteiger partial charge in [-0.1, -0.05) is 53.4 Å². The summed E-state index contributed by atoms with van der Waals surface area (Å²) in [5.41, 5.74) is 0.474. The van der Waals surface area contributed by atoms with E-state index in [-0.39, 0.29) is 30.2 Å². The summed E-state index contributed by atoms with van der Waals surface area (Å²) in [7, 11) is 0. The number of carbonyl (C=O) groups excluding carboxylic acids is 2. The van der Waals surface area contributed by atoms with Crippen LogP contribution in [0, 0.1) is 0 Å². The molecule has 0 aliphatic carbocycles. The van der Waals surface area contributed by atoms with E-state index in [2.05, 4.69) is 18.8 Å². The first kappa shape index (κ1) is 24.1. The second kappa shape index (κ2) is 13.3. The van der Waals surface area contributed by atoms with Crippen molar-refractivity contribution in [3.05, 3.63) is 29.1 Å². The standard InChI is InChI=1S/C22H35NO5/c1-5-9-11-17(7-3)27-21(25)19-13-16(15-24)14-20(23-19)22(26)28-18(8-4)12-10-6-2/h13-14,17-18,24H,5-12,15H2,1-4H3. The maximum atomic E-state index is 12.5. The van der Waals surface area contributed by atoms with Crippen molar-refractivity contribution in [2.24, 2.45) is 0 Å². The number of ether oxygens (including phenoxy) is 2. The number of aliphatic hydroxyl groups excluding tert-OH is 1. The molecule has 0 saturated carbocycles. The molecule has 6 heteroatoms. The molecule has 0 amide bonds. The van der Waals surface area contributed by atoms with Crippen molar-refractivity contribution < 1.29 is 24.2 Å². The van der Waals surface area contributed by atoms with Gasteiger partial charge >= 0.3 is 11.9 Å². The highest BCUT2D eigenvalue weighted by molar-refractivity contribution is 5.92. The predicted molar refractivity (Wildman–Crippen MR) is 108 cm³/mol. The highest BCUT2D eigenvalue weighted by Crippen LogP contribution is 2.16. The Morgan fingerprint density at radius 3 is 1.64 bits per heavy atom. The van der Waals surface area contributed by atoms with Crippen molar-refractivity contribution in [3.8, 4) is 0 Å². The minimum absolute atomic E-state index is 0.0232. The van der Waals surface area contributed by atoms with Crippen molar-refractivity contribution in [2.45, 2.75) is 97.9 Å². The summed E-state index contributed by atoms with van der Waals surface area (Å²) >= 11 is 0. The summed E-state index contributed by atoms with van der Waals surface area (Å²) in [4.78, 5) is 29.2. The van der Waals surface area contributed by atoms with Gasteiger partial charge in [-0.25, -0.2) is 14.6 Å². The van der Waals surface area contributed by atoms with Crippen LogP contribution in [0.25, 0.3) is 0 Å². The van der Waals surface area contributed by atoms with Gasteiger partial charge in [-0.2, -0.15) is 0 Å². The summed E-state index contributed by atoms with van der Waals surface area (Å²) in [6.45, 7) is 7.80. The molecule has 0 saturated heterocycles. The first-order chi connectivity index (χ1) is 13.5. The van der Waals surface area contributed by atoms with Crippen LogP contribution in [-0.4, -0.2) is 34.2 Å². The quantitative estimate of drug-likeness (QED) is 0.483. The number of carbonyl (C=O) groups is 2. The predicted octanol–water partition coefficient (Wildman–Crippen LogP) is 4.83. The molecule has 28 heavy (non-hydrogen) atoms. The van der Waals surface area contributed by atoms with E-state index < -0.39 is 11.9 Å². The number of hydrogen-bond acceptors (Lipinski definition) is 6. The Bertz CT molecular complexity index is 569. The summed E-state index contributed by atoms with van der Waals surface area (Å²) in [6, 6.07) is 2.92. The van der Waals surface area contributed by atoms with Crippen LogP contribution in [0.3, 0.4) is 0 Å². The zero-order chi connectivity index (χ0) is 20.9. The fourth-order valence-corrected chi connectivity index (χ4v) is 2.87. The van der Waals surface area contributed by atoms with E-state index in [0.717, 1.165) is 51.4 Å². The molecule has 1 aromatic rings. The minimum atomic E-state index is -0.578. The Morgan fingerprint density at radius 1 is 0.893 bits per heavy atom. The van der Waals surface area contributed by atoms with E-state index in [1.807, 2.05) is 13.8 Å². The number of esters is 2. The molecule has 0 bridgehead atoms. The van der Waals surface area contributed by atoms with E-state index in [1.54, 1.807) is 0 Å². The summed E-state index contributed by atoms with van der Waals surface area (Å²) in [6.07, 6.45) is 6.67. The van der Waals surface area contributed by atoms with E-state index in [9.17, 15) is 14.7 Å². The number of nitrogens with zero attached hydrogens (tertiary/aromatic N) is 1. The number of hydrogen-bond donors (Lipinski definition) is 1. The number of aromatic nitrogens is 1. The Kier molecular flexibility index (Phi) is 11.4. The Labute approximate surface area is 168 Å². The Balaban J connectivity index is 2.94. The van der Waals surface area contributed by atoms with Crippen LogP contribution in [-0.2, 0) is 16.1 Å². The average molecular weight is 394 g/mol. The van der Waals surface area contributed by atoms with Gasteiger partial charge in [-0.15, -0.1) is 0 Å². The van der Waals surface area contributed by atoms with Crippen molar-refractivity contribution >= 4 is 11.9 Å². The highest BCUT2D eigenvalue weighted by Gasteiger charge is 2.21. The molecule has 1 heterocycles. The number of unbranched alkanes of at least 4 members (excludes halogenated alkanes) is 2. The second-order valence-corrected chi connectivity index (χ2v) is 7.06. The maximum Gasteiger partial charge on any atom is 0.357 e. The third-order valence-corrected chi connectivity index (χ3v) is 4.70. The summed E-state index contributed by atoms with van der Waals surface area (Å²) < 4.78 is 11.1. The fraction of sp³-hybridized carbons (Fsp3) is 0.682. The molecule has 2 atom stereocenters. The lowest BCUT2D eigenvalue weighted by Gasteiger charge is -2.17. The molecule has 2 unspecified atom stereocenters. The smallest absolute Gasteiger partial charge is 0.357 e. The maximum absolute atomic E-state index is 12.5. The Hall–Kier alpha value is -1.95. The third-order valence-electron chi connectivity index (χ3n) is 4.70. The van der Waals surface area contributed by atoms with Crippen LogP contribution >= 0.6 is 0 Å². The van der Waals surface area contributed by atoms with Crippen molar-refractivity contribution in [1.82, 2.24) is 4.98 Å². The molecule has 1 N–H and O–H groups in total. The number of aliphatic hydroxyl groups is 1. The van der Waals surface area contributed by atoms with Crippen molar-refractivity contribution in [2.75, 3.05) is 0 Å². The van der Waals surface area contributed by atoms with Crippen LogP contribution < -0.4 is 0 Å². The van der Waals surface area contributed by atoms with Crippen molar-refractivity contribution in [1.29, 1.82) is 0 Å². The lowest BCUT2D eigenvalue weighted by Crippen LogP contribution is -2.22. The molecular formula is C22H35NO5. The number of pyridine rings is 1. The first-order valence-corrected chi connectivity index (χ1v) is 10.5. The van der Waals surface area contributed by atoms with Gasteiger partial charge in [0, 0.05) is 0 Å². The van der Waals surface area contributed by atoms with Gasteiger partial charge in [0.05, 0.1) is 6.61 Å². The van der Waals surface area contributed by atoms with Gasteiger partial charge < -0.3 is 14.6 Å². The molecule has 0 aliphatic heterocycles. The van der Waals surface area contributed by atoms with Gasteiger partial charge in [-0.3, -0.25) is 0 Å². The monoisotopic (exact) mass is 393 g/mol. The molecule has 0 radical (unpaired) electrons. The molecule has 0 aliphatic rings. The van der Waals surface area contributed by atoms with Gasteiger partial charge in [-0.05, 0) is 43.4 Å². The fourth-order valence-electron chi connectivity index (χ4n) is 2.87. The van der Waals surface area contributed by atoms with Crippen LogP contribution in [0.1, 0.15) is 106 Å². The van der Waals surface area contributed by atoms with E-state index in [1.165, 1.54) is 12.1 Å². The van der Waals surface area contributed by atoms with Crippen LogP contribution in [0.2, 0.25) is 0 Å². The highest BCUT2D eigenvalue weighted by atomic mass is 16.5. The van der Waals surface area contributed by atoms with E-state index in [0.29, 0.717) is 5.56 Å². The van der Waals surface area contributed by atoms with Gasteiger partial charge in [0.1, 0.15) is 23.6 Å². The summed E-state index contributed by atoms with van der Waals surface area (Å²) in [5, 5.41) is 9.51. The molecule has 0 fully saturated rings. The van der Waals surface area contributed by atoms with Gasteiger partial charge in [0.15, 0.2) is 0 Å². The SMILES string of the molecule is CCCCC(CC)OC(=O)c1cc(CO)cc(C(=O)OC(CC)CCCC)n1. The van der Waals surface area contributed by atoms with E-state index >= 15 is 0 Å². The topological polar surface area (TPSA) is 85.7 Å². The second-order valence-electron chi connectivity index (χ2n) is 7.06. The minimum Gasteiger partial charge on any atom is -0.458 e. The van der Waals surface area contributed by atoms with Gasteiger partial charge in [0.2, 0.25) is 0 Å². The number of rotatable bonds is 13. The molecular weight excluding hydrogens is 358 g/mol. The molecule has 1 rings (SSSR count). The van der Waals surface area contributed by atoms with E-state index in [4.69, 9.17) is 9.47 Å².